The van der Waals surface area contributed by atoms with Crippen LogP contribution in [0, 0.1) is 5.82 Å². The maximum atomic E-state index is 13.0. The number of rotatable bonds is 2. The Kier molecular flexibility index (Phi) is 3.28. The molecule has 3 nitrogen and oxygen atoms in total. The highest BCUT2D eigenvalue weighted by Gasteiger charge is 2.18. The van der Waals surface area contributed by atoms with Gasteiger partial charge in [-0.2, -0.15) is 0 Å². The largest absolute Gasteiger partial charge is 0.242 e. The Hall–Kier alpha value is -0.460. The molecule has 14 heavy (non-hydrogen) atoms. The van der Waals surface area contributed by atoms with Crippen molar-refractivity contribution in [2.45, 2.75) is 4.90 Å². The fourth-order valence-electron chi connectivity index (χ4n) is 0.848. The average Bonchev–Trinajstić information content (AvgIpc) is 2.09. The van der Waals surface area contributed by atoms with Gasteiger partial charge in [-0.25, -0.2) is 17.1 Å². The molecule has 1 rings (SSSR count). The van der Waals surface area contributed by atoms with E-state index in [9.17, 15) is 12.8 Å². The van der Waals surface area contributed by atoms with Crippen LogP contribution in [0.2, 0.25) is 0 Å². The van der Waals surface area contributed by atoms with Crippen molar-refractivity contribution in [3.8, 4) is 0 Å². The van der Waals surface area contributed by atoms with E-state index < -0.39 is 15.8 Å². The smallest absolute Gasteiger partial charge is 0.207 e. The number of hydrogen-bond acceptors (Lipinski definition) is 2. The Morgan fingerprint density at radius 3 is 2.36 bits per heavy atom. The van der Waals surface area contributed by atoms with E-state index in [1.54, 1.807) is 0 Å². The molecule has 1 aromatic rings. The van der Waals surface area contributed by atoms with E-state index in [0.29, 0.717) is 0 Å². The molecule has 0 aromatic heterocycles. The van der Waals surface area contributed by atoms with Gasteiger partial charge in [-0.1, -0.05) is 0 Å². The van der Waals surface area contributed by atoms with Crippen LogP contribution in [0.1, 0.15) is 0 Å². The third kappa shape index (κ3) is 2.13. The number of halogens is 2. The summed E-state index contributed by atoms with van der Waals surface area (Å²) in [6.45, 7) is 0. The molecular formula is C8H9BrFNO2S. The lowest BCUT2D eigenvalue weighted by molar-refractivity contribution is 0.519. The van der Waals surface area contributed by atoms with Gasteiger partial charge in [0.25, 0.3) is 0 Å². The minimum atomic E-state index is -3.54. The summed E-state index contributed by atoms with van der Waals surface area (Å²) < 4.78 is 37.4. The zero-order chi connectivity index (χ0) is 10.9. The minimum Gasteiger partial charge on any atom is -0.207 e. The lowest BCUT2D eigenvalue weighted by Crippen LogP contribution is -2.22. The van der Waals surface area contributed by atoms with E-state index in [1.807, 2.05) is 0 Å². The molecule has 0 spiro atoms. The van der Waals surface area contributed by atoms with E-state index in [-0.39, 0.29) is 9.37 Å². The Bertz CT molecular complexity index is 445. The third-order valence-electron chi connectivity index (χ3n) is 1.67. The van der Waals surface area contributed by atoms with Crippen molar-refractivity contribution in [3.05, 3.63) is 28.5 Å². The van der Waals surface area contributed by atoms with E-state index >= 15 is 0 Å². The van der Waals surface area contributed by atoms with E-state index in [0.717, 1.165) is 10.4 Å². The molecule has 1 aromatic carbocycles. The molecule has 0 N–H and O–H groups in total. The summed E-state index contributed by atoms with van der Waals surface area (Å²) in [6.07, 6.45) is 0. The summed E-state index contributed by atoms with van der Waals surface area (Å²) in [6, 6.07) is 3.70. The van der Waals surface area contributed by atoms with Crippen LogP contribution in [0.5, 0.6) is 0 Å². The predicted molar refractivity (Wildman–Crippen MR) is 55.0 cm³/mol. The Morgan fingerprint density at radius 1 is 1.36 bits per heavy atom. The first-order chi connectivity index (χ1) is 6.35. The average molecular weight is 282 g/mol. The molecule has 6 heteroatoms. The fourth-order valence-corrected chi connectivity index (χ4v) is 2.01. The normalized spacial score (nSPS) is 12.1. The van der Waals surface area contributed by atoms with Crippen LogP contribution in [-0.2, 0) is 10.0 Å². The van der Waals surface area contributed by atoms with Crippen molar-refractivity contribution < 1.29 is 12.8 Å². The van der Waals surface area contributed by atoms with Crippen LogP contribution in [-0.4, -0.2) is 26.8 Å². The number of sulfonamides is 1. The highest BCUT2D eigenvalue weighted by atomic mass is 79.9. The molecular weight excluding hydrogens is 273 g/mol. The first-order valence-corrected chi connectivity index (χ1v) is 5.96. The quantitative estimate of drug-likeness (QED) is 0.830. The molecule has 0 heterocycles. The first-order valence-electron chi connectivity index (χ1n) is 3.73. The van der Waals surface area contributed by atoms with Gasteiger partial charge in [0.2, 0.25) is 10.0 Å². The standard InChI is InChI=1S/C8H9BrFNO2S/c1-11(2)14(12,13)6-3-4-7(9)8(10)5-6/h3-5H,1-2H3. The van der Waals surface area contributed by atoms with Gasteiger partial charge in [0.15, 0.2) is 0 Å². The van der Waals surface area contributed by atoms with Crippen molar-refractivity contribution in [3.63, 3.8) is 0 Å². The molecule has 0 saturated heterocycles. The van der Waals surface area contributed by atoms with Gasteiger partial charge in [0.1, 0.15) is 5.82 Å². The lowest BCUT2D eigenvalue weighted by atomic mass is 10.3. The van der Waals surface area contributed by atoms with Crippen LogP contribution in [0.25, 0.3) is 0 Å². The molecule has 0 aliphatic carbocycles. The molecule has 0 aliphatic rings. The number of benzene rings is 1. The molecule has 78 valence electrons. The molecule has 0 aliphatic heterocycles. The van der Waals surface area contributed by atoms with E-state index in [1.165, 1.54) is 26.2 Å². The highest BCUT2D eigenvalue weighted by Crippen LogP contribution is 2.20. The summed E-state index contributed by atoms with van der Waals surface area (Å²) in [5.74, 6) is -0.590. The zero-order valence-corrected chi connectivity index (χ0v) is 10.1. The zero-order valence-electron chi connectivity index (χ0n) is 7.66. The van der Waals surface area contributed by atoms with Gasteiger partial charge in [-0.05, 0) is 34.1 Å². The van der Waals surface area contributed by atoms with Crippen molar-refractivity contribution in [1.82, 2.24) is 4.31 Å². The van der Waals surface area contributed by atoms with Gasteiger partial charge < -0.3 is 0 Å². The summed E-state index contributed by atoms with van der Waals surface area (Å²) >= 11 is 2.95. The fraction of sp³-hybridized carbons (Fsp3) is 0.250. The van der Waals surface area contributed by atoms with Gasteiger partial charge in [0, 0.05) is 14.1 Å². The SMILES string of the molecule is CN(C)S(=O)(=O)c1ccc(Br)c(F)c1. The monoisotopic (exact) mass is 281 g/mol. The summed E-state index contributed by atoms with van der Waals surface area (Å²) in [4.78, 5) is -0.0526. The van der Waals surface area contributed by atoms with Crippen LogP contribution in [0.15, 0.2) is 27.6 Å². The Balaban J connectivity index is 3.29. The highest BCUT2D eigenvalue weighted by molar-refractivity contribution is 9.10. The maximum absolute atomic E-state index is 13.0. The van der Waals surface area contributed by atoms with Crippen molar-refractivity contribution in [2.24, 2.45) is 0 Å². The summed E-state index contributed by atoms with van der Waals surface area (Å²) in [5.41, 5.74) is 0. The molecule has 0 saturated carbocycles. The molecule has 0 radical (unpaired) electrons. The van der Waals surface area contributed by atoms with Crippen LogP contribution in [0.3, 0.4) is 0 Å². The second-order valence-electron chi connectivity index (χ2n) is 2.86. The predicted octanol–water partition coefficient (Wildman–Crippen LogP) is 1.84. The minimum absolute atomic E-state index is 0.0526. The van der Waals surface area contributed by atoms with Gasteiger partial charge >= 0.3 is 0 Å². The maximum Gasteiger partial charge on any atom is 0.242 e. The lowest BCUT2D eigenvalue weighted by Gasteiger charge is -2.11. The molecule has 0 amide bonds. The van der Waals surface area contributed by atoms with Crippen LogP contribution < -0.4 is 0 Å². The van der Waals surface area contributed by atoms with Crippen LogP contribution >= 0.6 is 15.9 Å². The van der Waals surface area contributed by atoms with Gasteiger partial charge in [-0.3, -0.25) is 0 Å². The molecule has 0 atom stereocenters. The molecule has 0 unspecified atom stereocenters. The topological polar surface area (TPSA) is 37.4 Å². The van der Waals surface area contributed by atoms with Crippen molar-refractivity contribution in [2.75, 3.05) is 14.1 Å². The van der Waals surface area contributed by atoms with Crippen molar-refractivity contribution in [1.29, 1.82) is 0 Å². The van der Waals surface area contributed by atoms with Gasteiger partial charge in [0.05, 0.1) is 9.37 Å². The van der Waals surface area contributed by atoms with Gasteiger partial charge in [-0.15, -0.1) is 0 Å². The molecule has 0 bridgehead atoms. The Labute approximate surface area is 90.7 Å². The number of hydrogen-bond donors (Lipinski definition) is 0. The third-order valence-corrected chi connectivity index (χ3v) is 4.12. The second kappa shape index (κ2) is 3.96. The summed E-state index contributed by atoms with van der Waals surface area (Å²) in [7, 11) is -0.747. The Morgan fingerprint density at radius 2 is 1.93 bits per heavy atom. The molecule has 0 fully saturated rings. The van der Waals surface area contributed by atoms with Crippen LogP contribution in [0.4, 0.5) is 4.39 Å². The summed E-state index contributed by atoms with van der Waals surface area (Å²) in [5, 5.41) is 0. The van der Waals surface area contributed by atoms with E-state index in [4.69, 9.17) is 0 Å². The number of nitrogens with zero attached hydrogens (tertiary/aromatic N) is 1. The van der Waals surface area contributed by atoms with Crippen molar-refractivity contribution >= 4 is 26.0 Å². The van der Waals surface area contributed by atoms with E-state index in [2.05, 4.69) is 15.9 Å². The first kappa shape index (κ1) is 11.6. The second-order valence-corrected chi connectivity index (χ2v) is 5.87.